The Morgan fingerprint density at radius 2 is 2.00 bits per heavy atom. The molecule has 1 saturated carbocycles. The van der Waals surface area contributed by atoms with Gasteiger partial charge in [0.05, 0.1) is 12.7 Å². The van der Waals surface area contributed by atoms with E-state index in [0.717, 1.165) is 21.6 Å². The summed E-state index contributed by atoms with van der Waals surface area (Å²) in [5, 5.41) is 0. The fraction of sp³-hybridized carbons (Fsp3) is 0.571. The van der Waals surface area contributed by atoms with Crippen LogP contribution in [0, 0.1) is 5.92 Å². The van der Waals surface area contributed by atoms with Crippen molar-refractivity contribution < 1.29 is 4.74 Å². The molecule has 2 N–H and O–H groups in total. The summed E-state index contributed by atoms with van der Waals surface area (Å²) in [5.41, 5.74) is 7.78. The van der Waals surface area contributed by atoms with Gasteiger partial charge in [-0.2, -0.15) is 0 Å². The summed E-state index contributed by atoms with van der Waals surface area (Å²) in [6.45, 7) is 3.00. The van der Waals surface area contributed by atoms with Crippen LogP contribution in [0.25, 0.3) is 0 Å². The lowest BCUT2D eigenvalue weighted by Gasteiger charge is -2.26. The molecule has 0 aromatic heterocycles. The molecule has 2 rings (SSSR count). The monoisotopic (exact) mass is 297 g/mol. The highest BCUT2D eigenvalue weighted by Crippen LogP contribution is 2.27. The zero-order valence-electron chi connectivity index (χ0n) is 10.3. The predicted molar refractivity (Wildman–Crippen MR) is 74.8 cm³/mol. The van der Waals surface area contributed by atoms with Crippen molar-refractivity contribution in [2.75, 3.05) is 5.73 Å². The van der Waals surface area contributed by atoms with Crippen LogP contribution in [0.1, 0.15) is 38.2 Å². The van der Waals surface area contributed by atoms with Crippen LogP contribution < -0.4 is 5.73 Å². The highest BCUT2D eigenvalue weighted by Gasteiger charge is 2.18. The first kappa shape index (κ1) is 12.9. The Kier molecular flexibility index (Phi) is 4.46. The minimum absolute atomic E-state index is 0.441. The normalized spacial score (nSPS) is 24.8. The molecule has 0 spiro atoms. The van der Waals surface area contributed by atoms with Gasteiger partial charge in [0.25, 0.3) is 0 Å². The number of halogens is 1. The van der Waals surface area contributed by atoms with Gasteiger partial charge in [0.15, 0.2) is 0 Å². The number of hydrogen-bond donors (Lipinski definition) is 1. The van der Waals surface area contributed by atoms with E-state index in [4.69, 9.17) is 10.5 Å². The summed E-state index contributed by atoms with van der Waals surface area (Å²) in [7, 11) is 0. The summed E-state index contributed by atoms with van der Waals surface area (Å²) >= 11 is 3.40. The lowest BCUT2D eigenvalue weighted by Crippen LogP contribution is -2.20. The van der Waals surface area contributed by atoms with E-state index in [-0.39, 0.29) is 0 Å². The number of hydrogen-bond acceptors (Lipinski definition) is 2. The average molecular weight is 298 g/mol. The molecule has 0 unspecified atom stereocenters. The van der Waals surface area contributed by atoms with Crippen molar-refractivity contribution >= 4 is 21.6 Å². The number of benzene rings is 1. The topological polar surface area (TPSA) is 35.2 Å². The third kappa shape index (κ3) is 3.71. The van der Waals surface area contributed by atoms with Crippen molar-refractivity contribution in [1.29, 1.82) is 0 Å². The van der Waals surface area contributed by atoms with Gasteiger partial charge in [0.1, 0.15) is 0 Å². The molecule has 0 aliphatic heterocycles. The molecule has 94 valence electrons. The molecule has 1 fully saturated rings. The van der Waals surface area contributed by atoms with E-state index >= 15 is 0 Å². The standard InChI is InChI=1S/C14H20BrNO/c1-10-2-5-12(6-3-10)17-9-11-4-7-13(15)14(16)8-11/h4,7-8,10,12H,2-3,5-6,9,16H2,1H3. The van der Waals surface area contributed by atoms with Crippen LogP contribution in [0.5, 0.6) is 0 Å². The van der Waals surface area contributed by atoms with E-state index in [1.165, 1.54) is 25.7 Å². The van der Waals surface area contributed by atoms with Crippen LogP contribution >= 0.6 is 15.9 Å². The molecule has 0 amide bonds. The molecule has 0 heterocycles. The summed E-state index contributed by atoms with van der Waals surface area (Å²) in [6, 6.07) is 6.03. The molecule has 3 heteroatoms. The second-order valence-electron chi connectivity index (χ2n) is 5.05. The number of nitrogens with two attached hydrogens (primary N) is 1. The molecule has 1 aliphatic carbocycles. The highest BCUT2D eigenvalue weighted by atomic mass is 79.9. The summed E-state index contributed by atoms with van der Waals surface area (Å²) in [6.07, 6.45) is 5.44. The van der Waals surface area contributed by atoms with Crippen LogP contribution in [-0.2, 0) is 11.3 Å². The molecule has 0 saturated heterocycles. The highest BCUT2D eigenvalue weighted by molar-refractivity contribution is 9.10. The molecule has 1 aromatic rings. The SMILES string of the molecule is CC1CCC(OCc2ccc(Br)c(N)c2)CC1. The van der Waals surface area contributed by atoms with Gasteiger partial charge < -0.3 is 10.5 Å². The Hall–Kier alpha value is -0.540. The first-order valence-corrected chi connectivity index (χ1v) is 7.10. The van der Waals surface area contributed by atoms with Crippen LogP contribution in [0.2, 0.25) is 0 Å². The van der Waals surface area contributed by atoms with Crippen molar-refractivity contribution in [3.63, 3.8) is 0 Å². The zero-order chi connectivity index (χ0) is 12.3. The summed E-state index contributed by atoms with van der Waals surface area (Å²) < 4.78 is 6.89. The van der Waals surface area contributed by atoms with Crippen molar-refractivity contribution in [2.24, 2.45) is 5.92 Å². The minimum atomic E-state index is 0.441. The van der Waals surface area contributed by atoms with Gasteiger partial charge >= 0.3 is 0 Å². The third-order valence-corrected chi connectivity index (χ3v) is 4.23. The Morgan fingerprint density at radius 3 is 2.65 bits per heavy atom. The van der Waals surface area contributed by atoms with Crippen LogP contribution in [0.15, 0.2) is 22.7 Å². The van der Waals surface area contributed by atoms with Crippen LogP contribution in [0.4, 0.5) is 5.69 Å². The zero-order valence-corrected chi connectivity index (χ0v) is 11.9. The van der Waals surface area contributed by atoms with E-state index in [2.05, 4.69) is 28.9 Å². The lowest BCUT2D eigenvalue weighted by molar-refractivity contribution is 0.00879. The number of rotatable bonds is 3. The second-order valence-corrected chi connectivity index (χ2v) is 5.90. The van der Waals surface area contributed by atoms with Gasteiger partial charge in [-0.15, -0.1) is 0 Å². The first-order chi connectivity index (χ1) is 8.15. The molecule has 0 atom stereocenters. The lowest BCUT2D eigenvalue weighted by atomic mass is 9.89. The van der Waals surface area contributed by atoms with Crippen molar-refractivity contribution in [1.82, 2.24) is 0 Å². The second kappa shape index (κ2) is 5.87. The van der Waals surface area contributed by atoms with Crippen molar-refractivity contribution in [3.8, 4) is 0 Å². The van der Waals surface area contributed by atoms with E-state index in [0.29, 0.717) is 12.7 Å². The Labute approximate surface area is 112 Å². The van der Waals surface area contributed by atoms with Gasteiger partial charge in [-0.05, 0) is 65.2 Å². The molecule has 0 radical (unpaired) electrons. The van der Waals surface area contributed by atoms with Gasteiger partial charge in [0.2, 0.25) is 0 Å². The van der Waals surface area contributed by atoms with Crippen molar-refractivity contribution in [2.45, 2.75) is 45.3 Å². The Morgan fingerprint density at radius 1 is 1.29 bits per heavy atom. The van der Waals surface area contributed by atoms with Crippen LogP contribution in [0.3, 0.4) is 0 Å². The number of anilines is 1. The predicted octanol–water partition coefficient (Wildman–Crippen LogP) is 4.13. The van der Waals surface area contributed by atoms with Gasteiger partial charge in [-0.3, -0.25) is 0 Å². The van der Waals surface area contributed by atoms with Crippen LogP contribution in [-0.4, -0.2) is 6.10 Å². The molecule has 2 nitrogen and oxygen atoms in total. The molecular weight excluding hydrogens is 278 g/mol. The molecular formula is C14H20BrNO. The van der Waals surface area contributed by atoms with Crippen molar-refractivity contribution in [3.05, 3.63) is 28.2 Å². The fourth-order valence-corrected chi connectivity index (χ4v) is 2.54. The largest absolute Gasteiger partial charge is 0.398 e. The van der Waals surface area contributed by atoms with E-state index in [1.807, 2.05) is 12.1 Å². The fourth-order valence-electron chi connectivity index (χ4n) is 2.29. The molecule has 0 bridgehead atoms. The average Bonchev–Trinajstić information content (AvgIpc) is 2.33. The first-order valence-electron chi connectivity index (χ1n) is 6.30. The molecule has 1 aromatic carbocycles. The van der Waals surface area contributed by atoms with E-state index < -0.39 is 0 Å². The number of nitrogen functional groups attached to an aromatic ring is 1. The summed E-state index contributed by atoms with van der Waals surface area (Å²) in [5.74, 6) is 0.873. The van der Waals surface area contributed by atoms with Gasteiger partial charge in [0, 0.05) is 10.2 Å². The maximum absolute atomic E-state index is 5.94. The van der Waals surface area contributed by atoms with E-state index in [1.54, 1.807) is 0 Å². The minimum Gasteiger partial charge on any atom is -0.398 e. The summed E-state index contributed by atoms with van der Waals surface area (Å²) in [4.78, 5) is 0. The Bertz CT molecular complexity index is 372. The molecule has 1 aliphatic rings. The number of ether oxygens (including phenoxy) is 1. The quantitative estimate of drug-likeness (QED) is 0.852. The maximum atomic E-state index is 5.94. The maximum Gasteiger partial charge on any atom is 0.0721 e. The Balaban J connectivity index is 1.83. The van der Waals surface area contributed by atoms with Gasteiger partial charge in [-0.1, -0.05) is 13.0 Å². The van der Waals surface area contributed by atoms with Gasteiger partial charge in [-0.25, -0.2) is 0 Å². The smallest absolute Gasteiger partial charge is 0.0721 e. The third-order valence-electron chi connectivity index (χ3n) is 3.51. The van der Waals surface area contributed by atoms with E-state index in [9.17, 15) is 0 Å². The molecule has 17 heavy (non-hydrogen) atoms.